The van der Waals surface area contributed by atoms with E-state index >= 15 is 0 Å². The van der Waals surface area contributed by atoms with Gasteiger partial charge in [0.25, 0.3) is 15.9 Å². The van der Waals surface area contributed by atoms with Gasteiger partial charge in [-0.2, -0.15) is 0 Å². The van der Waals surface area contributed by atoms with Crippen LogP contribution in [0.4, 0.5) is 11.6 Å². The van der Waals surface area contributed by atoms with E-state index in [9.17, 15) is 13.2 Å². The number of sulfonamides is 1. The van der Waals surface area contributed by atoms with Crippen LogP contribution >= 0.6 is 28.1 Å². The van der Waals surface area contributed by atoms with Gasteiger partial charge in [-0.3, -0.25) is 10.1 Å². The van der Waals surface area contributed by atoms with Gasteiger partial charge in [0.2, 0.25) is 5.95 Å². The number of nitrogens with zero attached hydrogens (tertiary/aromatic N) is 2. The normalized spacial score (nSPS) is 11.2. The summed E-state index contributed by atoms with van der Waals surface area (Å²) in [6, 6.07) is 11.5. The van der Waals surface area contributed by atoms with Crippen LogP contribution in [-0.4, -0.2) is 36.0 Å². The first kappa shape index (κ1) is 28.5. The molecule has 0 spiro atoms. The molecule has 1 aromatic heterocycles. The van der Waals surface area contributed by atoms with Gasteiger partial charge in [0, 0.05) is 21.5 Å². The molecule has 196 valence electrons. The van der Waals surface area contributed by atoms with Crippen molar-refractivity contribution in [1.29, 1.82) is 0 Å². The number of rotatable bonds is 8. The van der Waals surface area contributed by atoms with Gasteiger partial charge < -0.3 is 10.1 Å². The van der Waals surface area contributed by atoms with E-state index < -0.39 is 15.9 Å². The van der Waals surface area contributed by atoms with Crippen LogP contribution in [0, 0.1) is 20.8 Å². The molecule has 0 radical (unpaired) electrons. The fraction of sp³-hybridized carbons (Fsp3) is 0.280. The lowest BCUT2D eigenvalue weighted by Crippen LogP contribution is -2.37. The number of anilines is 2. The number of aromatic nitrogens is 2. The molecule has 3 N–H and O–H groups in total. The number of nitrogens with one attached hydrogen (secondary N) is 3. The molecule has 0 aliphatic carbocycles. The maximum Gasteiger partial charge on any atom is 0.264 e. The third kappa shape index (κ3) is 7.94. The Hall–Kier alpha value is -3.09. The second-order valence-electron chi connectivity index (χ2n) is 8.69. The number of benzene rings is 2. The number of hydrogen-bond donors (Lipinski definition) is 3. The quantitative estimate of drug-likeness (QED) is 0.307. The monoisotopic (exact) mass is 605 g/mol. The molecule has 0 atom stereocenters. The Morgan fingerprint density at radius 2 is 1.68 bits per heavy atom. The number of hydrogen-bond acceptors (Lipinski definition) is 7. The standard InChI is InChI=1S/C25H28BrN5O4S2/c1-14(2)20-12-21(26)15(3)10-22(20)35-13-23(32)30-25(36)29-18-6-8-19(9-7-18)37(33,34)31-24-27-16(4)11-17(5)28-24/h6-12,14H,13H2,1-5H3,(H,27,28,31)(H2,29,30,32,36). The van der Waals surface area contributed by atoms with Crippen molar-refractivity contribution in [2.24, 2.45) is 0 Å². The molecule has 0 unspecified atom stereocenters. The minimum atomic E-state index is -3.89. The summed E-state index contributed by atoms with van der Waals surface area (Å²) in [4.78, 5) is 20.6. The number of aryl methyl sites for hydroxylation is 3. The van der Waals surface area contributed by atoms with E-state index in [1.165, 1.54) is 24.3 Å². The molecule has 3 rings (SSSR count). The average molecular weight is 607 g/mol. The third-order valence-corrected chi connectivity index (χ3v) is 7.56. The smallest absolute Gasteiger partial charge is 0.264 e. The molecule has 0 aliphatic rings. The van der Waals surface area contributed by atoms with Crippen molar-refractivity contribution >= 4 is 60.8 Å². The van der Waals surface area contributed by atoms with Gasteiger partial charge in [-0.25, -0.2) is 23.1 Å². The lowest BCUT2D eigenvalue weighted by Gasteiger charge is -2.16. The summed E-state index contributed by atoms with van der Waals surface area (Å²) in [6.45, 7) is 9.34. The summed E-state index contributed by atoms with van der Waals surface area (Å²) in [5.74, 6) is 0.434. The van der Waals surface area contributed by atoms with Gasteiger partial charge in [-0.1, -0.05) is 29.8 Å². The lowest BCUT2D eigenvalue weighted by atomic mass is 10.0. The average Bonchev–Trinajstić information content (AvgIpc) is 2.78. The zero-order valence-corrected chi connectivity index (χ0v) is 24.3. The molecule has 0 saturated carbocycles. The van der Waals surface area contributed by atoms with E-state index in [2.05, 4.69) is 41.3 Å². The Morgan fingerprint density at radius 3 is 2.27 bits per heavy atom. The van der Waals surface area contributed by atoms with Crippen LogP contribution < -0.4 is 20.1 Å². The van der Waals surface area contributed by atoms with Gasteiger partial charge in [0.05, 0.1) is 4.90 Å². The summed E-state index contributed by atoms with van der Waals surface area (Å²) in [7, 11) is -3.89. The first-order valence-corrected chi connectivity index (χ1v) is 14.0. The van der Waals surface area contributed by atoms with Gasteiger partial charge >= 0.3 is 0 Å². The van der Waals surface area contributed by atoms with Crippen LogP contribution in [0.2, 0.25) is 0 Å². The lowest BCUT2D eigenvalue weighted by molar-refractivity contribution is -0.121. The summed E-state index contributed by atoms with van der Waals surface area (Å²) in [5, 5.41) is 5.48. The fourth-order valence-electron chi connectivity index (χ4n) is 3.38. The van der Waals surface area contributed by atoms with Crippen molar-refractivity contribution < 1.29 is 17.9 Å². The van der Waals surface area contributed by atoms with Crippen LogP contribution in [-0.2, 0) is 14.8 Å². The highest BCUT2D eigenvalue weighted by Crippen LogP contribution is 2.32. The Labute approximate surface area is 230 Å². The van der Waals surface area contributed by atoms with Gasteiger partial charge in [0.15, 0.2) is 11.7 Å². The van der Waals surface area contributed by atoms with Crippen LogP contribution in [0.1, 0.15) is 42.3 Å². The fourth-order valence-corrected chi connectivity index (χ4v) is 4.92. The maximum absolute atomic E-state index is 12.7. The molecule has 37 heavy (non-hydrogen) atoms. The molecular weight excluding hydrogens is 578 g/mol. The molecule has 3 aromatic rings. The van der Waals surface area contributed by atoms with Crippen molar-refractivity contribution in [1.82, 2.24) is 15.3 Å². The van der Waals surface area contributed by atoms with Crippen LogP contribution in [0.25, 0.3) is 0 Å². The Kier molecular flexibility index (Phi) is 9.21. The van der Waals surface area contributed by atoms with E-state index in [-0.39, 0.29) is 28.5 Å². The molecule has 0 saturated heterocycles. The van der Waals surface area contributed by atoms with Gasteiger partial charge in [-0.05, 0) is 92.5 Å². The van der Waals surface area contributed by atoms with Crippen LogP contribution in [0.3, 0.4) is 0 Å². The number of carbonyl (C=O) groups excluding carboxylic acids is 1. The Morgan fingerprint density at radius 1 is 1.05 bits per heavy atom. The molecule has 0 aliphatic heterocycles. The molecule has 0 fully saturated rings. The first-order chi connectivity index (χ1) is 17.3. The van der Waals surface area contributed by atoms with E-state index in [0.29, 0.717) is 22.8 Å². The number of carbonyl (C=O) groups is 1. The molecule has 0 bridgehead atoms. The van der Waals surface area contributed by atoms with Gasteiger partial charge in [0.1, 0.15) is 5.75 Å². The van der Waals surface area contributed by atoms with Gasteiger partial charge in [-0.15, -0.1) is 0 Å². The van der Waals surface area contributed by atoms with Crippen molar-refractivity contribution in [3.05, 3.63) is 69.5 Å². The molecule has 1 amide bonds. The van der Waals surface area contributed by atoms with E-state index in [0.717, 1.165) is 15.6 Å². The van der Waals surface area contributed by atoms with E-state index in [4.69, 9.17) is 17.0 Å². The largest absolute Gasteiger partial charge is 0.483 e. The zero-order valence-electron chi connectivity index (χ0n) is 21.0. The van der Waals surface area contributed by atoms with Crippen LogP contribution in [0.5, 0.6) is 5.75 Å². The topological polar surface area (TPSA) is 122 Å². The summed E-state index contributed by atoms with van der Waals surface area (Å²) < 4.78 is 34.5. The predicted octanol–water partition coefficient (Wildman–Crippen LogP) is 4.98. The van der Waals surface area contributed by atoms with E-state index in [1.54, 1.807) is 19.9 Å². The summed E-state index contributed by atoms with van der Waals surface area (Å²) >= 11 is 8.74. The molecule has 1 heterocycles. The number of ether oxygens (including phenoxy) is 1. The minimum Gasteiger partial charge on any atom is -0.483 e. The third-order valence-electron chi connectivity index (χ3n) is 5.16. The highest BCUT2D eigenvalue weighted by Gasteiger charge is 2.17. The summed E-state index contributed by atoms with van der Waals surface area (Å²) in [6.07, 6.45) is 0. The van der Waals surface area contributed by atoms with E-state index in [1.807, 2.05) is 32.9 Å². The Balaban J connectivity index is 1.57. The first-order valence-electron chi connectivity index (χ1n) is 11.3. The number of amides is 1. The predicted molar refractivity (Wildman–Crippen MR) is 152 cm³/mol. The second kappa shape index (κ2) is 12.0. The van der Waals surface area contributed by atoms with Crippen LogP contribution in [0.15, 0.2) is 51.8 Å². The van der Waals surface area contributed by atoms with Crippen molar-refractivity contribution in [2.75, 3.05) is 16.6 Å². The highest BCUT2D eigenvalue weighted by atomic mass is 79.9. The molecule has 9 nitrogen and oxygen atoms in total. The highest BCUT2D eigenvalue weighted by molar-refractivity contribution is 9.10. The minimum absolute atomic E-state index is 0.00428. The number of halogens is 1. The Bertz CT molecular complexity index is 1410. The molecule has 2 aromatic carbocycles. The van der Waals surface area contributed by atoms with Crippen molar-refractivity contribution in [3.8, 4) is 5.75 Å². The van der Waals surface area contributed by atoms with Crippen molar-refractivity contribution in [2.45, 2.75) is 45.4 Å². The summed E-state index contributed by atoms with van der Waals surface area (Å²) in [5.41, 5.74) is 3.79. The zero-order chi connectivity index (χ0) is 27.3. The molecular formula is C25H28BrN5O4S2. The number of thiocarbonyl (C=S) groups is 1. The SMILES string of the molecule is Cc1cc(C)nc(NS(=O)(=O)c2ccc(NC(=S)NC(=O)COc3cc(C)c(Br)cc3C(C)C)cc2)n1. The maximum atomic E-state index is 12.7. The second-order valence-corrected chi connectivity index (χ2v) is 11.6. The van der Waals surface area contributed by atoms with Crippen molar-refractivity contribution in [3.63, 3.8) is 0 Å². The molecule has 12 heteroatoms.